The van der Waals surface area contributed by atoms with Gasteiger partial charge in [-0.1, -0.05) is 31.1 Å². The lowest BCUT2D eigenvalue weighted by molar-refractivity contribution is 0.287. The maximum Gasteiger partial charge on any atom is 0.261 e. The van der Waals surface area contributed by atoms with Crippen LogP contribution < -0.4 is 4.74 Å². The van der Waals surface area contributed by atoms with Gasteiger partial charge >= 0.3 is 0 Å². The Morgan fingerprint density at radius 3 is 2.68 bits per heavy atom. The van der Waals surface area contributed by atoms with Gasteiger partial charge in [0.25, 0.3) is 5.89 Å². The highest BCUT2D eigenvalue weighted by Gasteiger charge is 2.10. The minimum absolute atomic E-state index is 0.268. The number of hydrogen-bond acceptors (Lipinski definition) is 5. The van der Waals surface area contributed by atoms with Crippen LogP contribution in [0.4, 0.5) is 0 Å². The van der Waals surface area contributed by atoms with Crippen molar-refractivity contribution in [3.63, 3.8) is 0 Å². The average Bonchev–Trinajstić information content (AvgIpc) is 3.23. The Morgan fingerprint density at radius 1 is 1.18 bits per heavy atom. The van der Waals surface area contributed by atoms with Crippen molar-refractivity contribution >= 4 is 0 Å². The van der Waals surface area contributed by atoms with Crippen LogP contribution in [0.5, 0.6) is 5.75 Å². The van der Waals surface area contributed by atoms with Gasteiger partial charge in [-0.15, -0.1) is 0 Å². The van der Waals surface area contributed by atoms with Gasteiger partial charge in [0.2, 0.25) is 5.82 Å². The maximum absolute atomic E-state index is 5.68. The summed E-state index contributed by atoms with van der Waals surface area (Å²) in [5.74, 6) is 2.28. The molecule has 0 saturated heterocycles. The molecule has 0 amide bonds. The summed E-state index contributed by atoms with van der Waals surface area (Å²) in [5, 5.41) is 3.89. The van der Waals surface area contributed by atoms with Crippen molar-refractivity contribution in [2.24, 2.45) is 0 Å². The molecule has 3 aromatic rings. The van der Waals surface area contributed by atoms with Gasteiger partial charge in [0.1, 0.15) is 12.0 Å². The Kier molecular flexibility index (Phi) is 4.23. The van der Waals surface area contributed by atoms with Crippen LogP contribution in [-0.2, 0) is 6.61 Å². The zero-order chi connectivity index (χ0) is 15.4. The van der Waals surface area contributed by atoms with E-state index < -0.39 is 0 Å². The van der Waals surface area contributed by atoms with Crippen molar-refractivity contribution < 1.29 is 13.7 Å². The molecule has 1 unspecified atom stereocenters. The topological polar surface area (TPSA) is 61.3 Å². The highest BCUT2D eigenvalue weighted by molar-refractivity contribution is 5.49. The third-order valence-corrected chi connectivity index (χ3v) is 3.67. The van der Waals surface area contributed by atoms with Crippen LogP contribution in [0.15, 0.2) is 51.8 Å². The number of furan rings is 1. The Balaban J connectivity index is 1.61. The van der Waals surface area contributed by atoms with Crippen LogP contribution in [0.1, 0.15) is 37.6 Å². The summed E-state index contributed by atoms with van der Waals surface area (Å²) in [7, 11) is 0. The fraction of sp³-hybridized carbons (Fsp3) is 0.294. The third-order valence-electron chi connectivity index (χ3n) is 3.67. The zero-order valence-corrected chi connectivity index (χ0v) is 12.7. The molecule has 0 bridgehead atoms. The number of nitrogens with zero attached hydrogens (tertiary/aromatic N) is 2. The van der Waals surface area contributed by atoms with E-state index in [1.54, 1.807) is 18.6 Å². The Labute approximate surface area is 128 Å². The Morgan fingerprint density at radius 2 is 2.00 bits per heavy atom. The third kappa shape index (κ3) is 3.19. The van der Waals surface area contributed by atoms with E-state index in [2.05, 4.69) is 36.1 Å². The molecule has 2 aromatic heterocycles. The van der Waals surface area contributed by atoms with E-state index in [1.807, 2.05) is 12.1 Å². The van der Waals surface area contributed by atoms with E-state index in [-0.39, 0.29) is 6.61 Å². The van der Waals surface area contributed by atoms with Crippen molar-refractivity contribution in [3.05, 3.63) is 54.2 Å². The first-order valence-corrected chi connectivity index (χ1v) is 7.34. The molecule has 114 valence electrons. The zero-order valence-electron chi connectivity index (χ0n) is 12.7. The Bertz CT molecular complexity index is 702. The van der Waals surface area contributed by atoms with Gasteiger partial charge in [-0.2, -0.15) is 4.98 Å². The van der Waals surface area contributed by atoms with Gasteiger partial charge in [0.15, 0.2) is 6.61 Å². The molecule has 3 rings (SSSR count). The van der Waals surface area contributed by atoms with Gasteiger partial charge < -0.3 is 13.7 Å². The lowest BCUT2D eigenvalue weighted by atomic mass is 9.99. The summed E-state index contributed by atoms with van der Waals surface area (Å²) in [4.78, 5) is 4.26. The van der Waals surface area contributed by atoms with E-state index in [0.29, 0.717) is 17.6 Å². The first kappa shape index (κ1) is 14.4. The van der Waals surface area contributed by atoms with Gasteiger partial charge in [-0.25, -0.2) is 0 Å². The van der Waals surface area contributed by atoms with Crippen molar-refractivity contribution in [1.82, 2.24) is 10.1 Å². The van der Waals surface area contributed by atoms with E-state index in [0.717, 1.165) is 17.7 Å². The molecule has 0 aliphatic carbocycles. The molecule has 1 aromatic carbocycles. The highest BCUT2D eigenvalue weighted by atomic mass is 16.5. The summed E-state index contributed by atoms with van der Waals surface area (Å²) in [6.07, 6.45) is 4.25. The molecule has 1 atom stereocenters. The second-order valence-electron chi connectivity index (χ2n) is 5.19. The largest absolute Gasteiger partial charge is 0.485 e. The molecule has 5 heteroatoms. The second kappa shape index (κ2) is 6.47. The number of hydrogen-bond donors (Lipinski definition) is 0. The van der Waals surface area contributed by atoms with Crippen LogP contribution in [0.3, 0.4) is 0 Å². The first-order chi connectivity index (χ1) is 10.8. The first-order valence-electron chi connectivity index (χ1n) is 7.34. The maximum atomic E-state index is 5.68. The van der Waals surface area contributed by atoms with Crippen LogP contribution in [0.25, 0.3) is 11.5 Å². The summed E-state index contributed by atoms with van der Waals surface area (Å²) < 4.78 is 15.8. The van der Waals surface area contributed by atoms with Crippen LogP contribution >= 0.6 is 0 Å². The predicted molar refractivity (Wildman–Crippen MR) is 81.5 cm³/mol. The molecular weight excluding hydrogens is 280 g/mol. The van der Waals surface area contributed by atoms with E-state index >= 15 is 0 Å². The predicted octanol–water partition coefficient (Wildman–Crippen LogP) is 4.42. The molecule has 0 spiro atoms. The monoisotopic (exact) mass is 298 g/mol. The number of benzene rings is 1. The molecule has 0 aliphatic rings. The standard InChI is InChI=1S/C17H18N2O3/c1-3-12(2)13-4-6-15(7-5-13)21-11-16-18-17(22-19-16)14-8-9-20-10-14/h4-10,12H,3,11H2,1-2H3. The van der Waals surface area contributed by atoms with E-state index in [1.165, 1.54) is 5.56 Å². The van der Waals surface area contributed by atoms with Gasteiger partial charge in [-0.05, 0) is 36.1 Å². The quantitative estimate of drug-likeness (QED) is 0.674. The van der Waals surface area contributed by atoms with E-state index in [9.17, 15) is 0 Å². The van der Waals surface area contributed by atoms with Crippen LogP contribution in [-0.4, -0.2) is 10.1 Å². The van der Waals surface area contributed by atoms with Crippen molar-refractivity contribution in [2.45, 2.75) is 32.8 Å². The minimum atomic E-state index is 0.268. The normalized spacial score (nSPS) is 12.3. The number of aromatic nitrogens is 2. The highest BCUT2D eigenvalue weighted by Crippen LogP contribution is 2.22. The molecule has 2 heterocycles. The summed E-state index contributed by atoms with van der Waals surface area (Å²) >= 11 is 0. The fourth-order valence-electron chi connectivity index (χ4n) is 2.09. The SMILES string of the molecule is CCC(C)c1ccc(OCc2noc(-c3ccoc3)n2)cc1. The summed E-state index contributed by atoms with van der Waals surface area (Å²) in [6.45, 7) is 4.67. The average molecular weight is 298 g/mol. The fourth-order valence-corrected chi connectivity index (χ4v) is 2.09. The molecule has 0 radical (unpaired) electrons. The van der Waals surface area contributed by atoms with Crippen LogP contribution in [0.2, 0.25) is 0 Å². The van der Waals surface area contributed by atoms with Gasteiger partial charge in [0, 0.05) is 0 Å². The molecule has 0 aliphatic heterocycles. The lowest BCUT2D eigenvalue weighted by Crippen LogP contribution is -1.98. The smallest absolute Gasteiger partial charge is 0.261 e. The van der Waals surface area contributed by atoms with Crippen molar-refractivity contribution in [3.8, 4) is 17.2 Å². The summed E-state index contributed by atoms with van der Waals surface area (Å²) in [5.41, 5.74) is 2.08. The molecule has 0 N–H and O–H groups in total. The lowest BCUT2D eigenvalue weighted by Gasteiger charge is -2.09. The van der Waals surface area contributed by atoms with Gasteiger partial charge in [0.05, 0.1) is 11.8 Å². The molecular formula is C17H18N2O3. The molecule has 5 nitrogen and oxygen atoms in total. The second-order valence-corrected chi connectivity index (χ2v) is 5.19. The van der Waals surface area contributed by atoms with Crippen molar-refractivity contribution in [2.75, 3.05) is 0 Å². The number of rotatable bonds is 6. The number of ether oxygens (including phenoxy) is 1. The van der Waals surface area contributed by atoms with E-state index in [4.69, 9.17) is 13.7 Å². The Hall–Kier alpha value is -2.56. The molecule has 0 saturated carbocycles. The van der Waals surface area contributed by atoms with Gasteiger partial charge in [-0.3, -0.25) is 0 Å². The summed E-state index contributed by atoms with van der Waals surface area (Å²) in [6, 6.07) is 9.90. The molecule has 22 heavy (non-hydrogen) atoms. The minimum Gasteiger partial charge on any atom is -0.485 e. The molecule has 0 fully saturated rings. The van der Waals surface area contributed by atoms with Crippen molar-refractivity contribution in [1.29, 1.82) is 0 Å². The van der Waals surface area contributed by atoms with Crippen LogP contribution in [0, 0.1) is 0 Å².